The average molecular weight is 333 g/mol. The molecule has 132 valence electrons. The van der Waals surface area contributed by atoms with Gasteiger partial charge < -0.3 is 14.4 Å². The summed E-state index contributed by atoms with van der Waals surface area (Å²) in [4.78, 5) is 20.1. The maximum Gasteiger partial charge on any atom is 0.248 e. The molecular formula is C18H27N3O3. The summed E-state index contributed by atoms with van der Waals surface area (Å²) in [5, 5.41) is 0. The Morgan fingerprint density at radius 1 is 1.42 bits per heavy atom. The van der Waals surface area contributed by atoms with Crippen molar-refractivity contribution in [1.29, 1.82) is 0 Å². The van der Waals surface area contributed by atoms with Gasteiger partial charge in [0.2, 0.25) is 5.91 Å². The quantitative estimate of drug-likeness (QED) is 0.782. The van der Waals surface area contributed by atoms with E-state index in [-0.39, 0.29) is 18.6 Å². The van der Waals surface area contributed by atoms with E-state index in [0.29, 0.717) is 18.6 Å². The Kier molecular flexibility index (Phi) is 5.81. The van der Waals surface area contributed by atoms with Gasteiger partial charge in [0.1, 0.15) is 6.61 Å². The molecule has 6 heteroatoms. The largest absolute Gasteiger partial charge is 0.375 e. The zero-order valence-corrected chi connectivity index (χ0v) is 14.6. The van der Waals surface area contributed by atoms with Crippen LogP contribution in [-0.2, 0) is 20.8 Å². The average Bonchev–Trinajstić information content (AvgIpc) is 2.99. The molecule has 0 radical (unpaired) electrons. The number of rotatable bonds is 6. The molecule has 3 rings (SSSR count). The Hall–Kier alpha value is -1.50. The highest BCUT2D eigenvalue weighted by Gasteiger charge is 2.41. The summed E-state index contributed by atoms with van der Waals surface area (Å²) in [6.45, 7) is 3.40. The molecule has 1 aromatic rings. The number of carbonyl (C=O) groups excluding carboxylic acids is 1. The molecule has 1 aliphatic heterocycles. The second-order valence-electron chi connectivity index (χ2n) is 6.91. The van der Waals surface area contributed by atoms with Crippen LogP contribution in [0.2, 0.25) is 0 Å². The summed E-state index contributed by atoms with van der Waals surface area (Å²) in [5.41, 5.74) is 1.11. The van der Waals surface area contributed by atoms with Gasteiger partial charge in [-0.1, -0.05) is 6.07 Å². The number of nitrogens with zero attached hydrogens (tertiary/aromatic N) is 3. The molecule has 0 N–H and O–H groups in total. The molecule has 0 unspecified atom stereocenters. The molecule has 0 aromatic carbocycles. The van der Waals surface area contributed by atoms with E-state index in [2.05, 4.69) is 16.0 Å². The van der Waals surface area contributed by atoms with Gasteiger partial charge in [-0.3, -0.25) is 14.7 Å². The Balaban J connectivity index is 1.50. The first-order valence-electron chi connectivity index (χ1n) is 8.67. The smallest absolute Gasteiger partial charge is 0.248 e. The van der Waals surface area contributed by atoms with Crippen LogP contribution in [0.1, 0.15) is 18.5 Å². The second kappa shape index (κ2) is 8.05. The Labute approximate surface area is 143 Å². The zero-order valence-electron chi connectivity index (χ0n) is 14.6. The van der Waals surface area contributed by atoms with Gasteiger partial charge in [0, 0.05) is 39.4 Å². The number of hydrogen-bond donors (Lipinski definition) is 0. The molecule has 6 nitrogen and oxygen atoms in total. The van der Waals surface area contributed by atoms with Crippen molar-refractivity contribution in [2.24, 2.45) is 5.92 Å². The van der Waals surface area contributed by atoms with Gasteiger partial charge in [-0.15, -0.1) is 0 Å². The third kappa shape index (κ3) is 4.32. The molecule has 1 aromatic heterocycles. The summed E-state index contributed by atoms with van der Waals surface area (Å²) < 4.78 is 11.6. The van der Waals surface area contributed by atoms with Crippen molar-refractivity contribution in [2.45, 2.75) is 31.5 Å². The molecule has 2 fully saturated rings. The molecule has 3 atom stereocenters. The maximum absolute atomic E-state index is 11.6. The van der Waals surface area contributed by atoms with Crippen molar-refractivity contribution in [3.05, 3.63) is 30.1 Å². The van der Waals surface area contributed by atoms with Crippen molar-refractivity contribution in [3.63, 3.8) is 0 Å². The van der Waals surface area contributed by atoms with Crippen molar-refractivity contribution in [1.82, 2.24) is 14.8 Å². The number of pyridine rings is 1. The first kappa shape index (κ1) is 17.3. The molecular weight excluding hydrogens is 306 g/mol. The molecule has 0 bridgehead atoms. The maximum atomic E-state index is 11.6. The molecule has 1 saturated carbocycles. The number of fused-ring (bicyclic) bond motifs is 1. The van der Waals surface area contributed by atoms with Gasteiger partial charge in [-0.25, -0.2) is 0 Å². The molecule has 1 saturated heterocycles. The Morgan fingerprint density at radius 2 is 2.29 bits per heavy atom. The van der Waals surface area contributed by atoms with Crippen LogP contribution in [0.15, 0.2) is 24.4 Å². The lowest BCUT2D eigenvalue weighted by Gasteiger charge is -2.37. The Bertz CT molecular complexity index is 538. The van der Waals surface area contributed by atoms with Gasteiger partial charge in [-0.05, 0) is 30.9 Å². The number of hydrogen-bond acceptors (Lipinski definition) is 5. The molecule has 1 amide bonds. The van der Waals surface area contributed by atoms with E-state index in [9.17, 15) is 4.79 Å². The van der Waals surface area contributed by atoms with E-state index >= 15 is 0 Å². The highest BCUT2D eigenvalue weighted by molar-refractivity contribution is 5.76. The van der Waals surface area contributed by atoms with Crippen molar-refractivity contribution < 1.29 is 14.3 Å². The normalized spacial score (nSPS) is 27.0. The summed E-state index contributed by atoms with van der Waals surface area (Å²) >= 11 is 0. The third-order valence-electron chi connectivity index (χ3n) is 4.92. The van der Waals surface area contributed by atoms with Gasteiger partial charge in [-0.2, -0.15) is 0 Å². The molecule has 2 heterocycles. The van der Waals surface area contributed by atoms with Gasteiger partial charge in [0.25, 0.3) is 0 Å². The van der Waals surface area contributed by atoms with Crippen LogP contribution >= 0.6 is 0 Å². The van der Waals surface area contributed by atoms with Crippen LogP contribution in [-0.4, -0.2) is 73.3 Å². The van der Waals surface area contributed by atoms with Crippen LogP contribution in [0.25, 0.3) is 0 Å². The summed E-state index contributed by atoms with van der Waals surface area (Å²) in [5.74, 6) is 0.470. The topological polar surface area (TPSA) is 54.9 Å². The third-order valence-corrected chi connectivity index (χ3v) is 4.92. The minimum absolute atomic E-state index is 0.0124. The van der Waals surface area contributed by atoms with Crippen molar-refractivity contribution in [2.75, 3.05) is 40.5 Å². The summed E-state index contributed by atoms with van der Waals surface area (Å²) in [7, 11) is 3.50. The second-order valence-corrected chi connectivity index (χ2v) is 6.91. The highest BCUT2D eigenvalue weighted by Crippen LogP contribution is 2.35. The number of amides is 1. The van der Waals surface area contributed by atoms with Gasteiger partial charge >= 0.3 is 0 Å². The summed E-state index contributed by atoms with van der Waals surface area (Å²) in [6, 6.07) is 6.49. The van der Waals surface area contributed by atoms with E-state index in [1.54, 1.807) is 19.0 Å². The predicted molar refractivity (Wildman–Crippen MR) is 90.4 cm³/mol. The monoisotopic (exact) mass is 333 g/mol. The number of likely N-dealkylation sites (N-methyl/N-ethyl adjacent to an activating group) is 1. The van der Waals surface area contributed by atoms with Gasteiger partial charge in [0.15, 0.2) is 0 Å². The fourth-order valence-corrected chi connectivity index (χ4v) is 3.60. The fraction of sp³-hybridized carbons (Fsp3) is 0.667. The van der Waals surface area contributed by atoms with Crippen molar-refractivity contribution >= 4 is 5.91 Å². The van der Waals surface area contributed by atoms with E-state index in [4.69, 9.17) is 9.47 Å². The standard InChI is InChI=1S/C18H27N3O3/c1-20(2)18(22)13-23-12-14-9-16-17(10-14)24-8-7-21(16)11-15-5-3-4-6-19-15/h3-6,14,16-17H,7-13H2,1-2H3/t14-,16+,17-/m0/s1. The Morgan fingerprint density at radius 3 is 3.04 bits per heavy atom. The number of morpholine rings is 1. The number of aromatic nitrogens is 1. The first-order valence-corrected chi connectivity index (χ1v) is 8.67. The first-order chi connectivity index (χ1) is 11.6. The lowest BCUT2D eigenvalue weighted by atomic mass is 10.1. The molecule has 0 spiro atoms. The fourth-order valence-electron chi connectivity index (χ4n) is 3.60. The summed E-state index contributed by atoms with van der Waals surface area (Å²) in [6.07, 6.45) is 4.20. The predicted octanol–water partition coefficient (Wildman–Crippen LogP) is 1.17. The van der Waals surface area contributed by atoms with E-state index in [1.807, 2.05) is 18.3 Å². The van der Waals surface area contributed by atoms with E-state index in [0.717, 1.165) is 38.2 Å². The van der Waals surface area contributed by atoms with Crippen LogP contribution in [0.3, 0.4) is 0 Å². The van der Waals surface area contributed by atoms with Crippen molar-refractivity contribution in [3.8, 4) is 0 Å². The molecule has 2 aliphatic rings. The minimum Gasteiger partial charge on any atom is -0.375 e. The number of carbonyl (C=O) groups is 1. The highest BCUT2D eigenvalue weighted by atomic mass is 16.5. The number of ether oxygens (including phenoxy) is 2. The van der Waals surface area contributed by atoms with E-state index < -0.39 is 0 Å². The molecule has 24 heavy (non-hydrogen) atoms. The van der Waals surface area contributed by atoms with Crippen LogP contribution < -0.4 is 0 Å². The van der Waals surface area contributed by atoms with Crippen LogP contribution in [0.5, 0.6) is 0 Å². The van der Waals surface area contributed by atoms with E-state index in [1.165, 1.54) is 0 Å². The lowest BCUT2D eigenvalue weighted by molar-refractivity contribution is -0.134. The molecule has 1 aliphatic carbocycles. The van der Waals surface area contributed by atoms with Gasteiger partial charge in [0.05, 0.1) is 25.0 Å². The van der Waals surface area contributed by atoms with Crippen LogP contribution in [0.4, 0.5) is 0 Å². The van der Waals surface area contributed by atoms with Crippen LogP contribution in [0, 0.1) is 5.92 Å². The minimum atomic E-state index is 0.0124. The SMILES string of the molecule is CN(C)C(=O)COC[C@@H]1C[C@@H]2OCCN(Cc3ccccn3)[C@@H]2C1. The zero-order chi connectivity index (χ0) is 16.9. The lowest BCUT2D eigenvalue weighted by Crippen LogP contribution is -2.47.